The zero-order chi connectivity index (χ0) is 12.0. The normalized spacial score (nSPS) is 26.7. The molecule has 1 aliphatic rings. The van der Waals surface area contributed by atoms with E-state index in [0.29, 0.717) is 18.5 Å². The van der Waals surface area contributed by atoms with E-state index in [1.54, 1.807) is 0 Å². The molecule has 1 fully saturated rings. The highest BCUT2D eigenvalue weighted by molar-refractivity contribution is 5.77. The van der Waals surface area contributed by atoms with E-state index in [2.05, 4.69) is 31.4 Å². The third kappa shape index (κ3) is 4.97. The molecule has 16 heavy (non-hydrogen) atoms. The Morgan fingerprint density at radius 3 is 2.75 bits per heavy atom. The van der Waals surface area contributed by atoms with Crippen LogP contribution in [0.15, 0.2) is 0 Å². The third-order valence-electron chi connectivity index (χ3n) is 3.61. The summed E-state index contributed by atoms with van der Waals surface area (Å²) in [5, 5.41) is 6.23. The number of hydrogen-bond acceptors (Lipinski definition) is 2. The van der Waals surface area contributed by atoms with E-state index in [9.17, 15) is 4.79 Å². The van der Waals surface area contributed by atoms with E-state index in [1.807, 2.05) is 0 Å². The Balaban J connectivity index is 2.06. The largest absolute Gasteiger partial charge is 0.355 e. The van der Waals surface area contributed by atoms with Gasteiger partial charge in [-0.1, -0.05) is 20.3 Å². The molecule has 3 unspecified atom stereocenters. The lowest BCUT2D eigenvalue weighted by Crippen LogP contribution is -2.39. The molecule has 1 saturated carbocycles. The quantitative estimate of drug-likeness (QED) is 0.726. The molecule has 2 N–H and O–H groups in total. The summed E-state index contributed by atoms with van der Waals surface area (Å²) in [7, 11) is 0. The lowest BCUT2D eigenvalue weighted by Gasteiger charge is -2.13. The van der Waals surface area contributed by atoms with Gasteiger partial charge in [-0.2, -0.15) is 0 Å². The molecule has 1 amide bonds. The van der Waals surface area contributed by atoms with Crippen molar-refractivity contribution in [3.05, 3.63) is 0 Å². The van der Waals surface area contributed by atoms with Crippen LogP contribution in [0.2, 0.25) is 0 Å². The van der Waals surface area contributed by atoms with Crippen molar-refractivity contribution in [3.63, 3.8) is 0 Å². The van der Waals surface area contributed by atoms with Crippen molar-refractivity contribution >= 4 is 5.91 Å². The van der Waals surface area contributed by atoms with Crippen molar-refractivity contribution in [1.29, 1.82) is 0 Å². The topological polar surface area (TPSA) is 41.1 Å². The molecule has 1 aliphatic carbocycles. The molecule has 0 spiro atoms. The fourth-order valence-electron chi connectivity index (χ4n) is 2.24. The summed E-state index contributed by atoms with van der Waals surface area (Å²) in [5.41, 5.74) is 0. The average Bonchev–Trinajstić information content (AvgIpc) is 2.69. The second-order valence-corrected chi connectivity index (χ2v) is 5.28. The van der Waals surface area contributed by atoms with Crippen LogP contribution in [0.5, 0.6) is 0 Å². The maximum Gasteiger partial charge on any atom is 0.233 e. The first-order valence-corrected chi connectivity index (χ1v) is 6.61. The molecule has 1 rings (SSSR count). The number of carbonyl (C=O) groups is 1. The van der Waals surface area contributed by atoms with Crippen molar-refractivity contribution in [2.24, 2.45) is 11.8 Å². The lowest BCUT2D eigenvalue weighted by atomic mass is 10.1. The van der Waals surface area contributed by atoms with Crippen molar-refractivity contribution in [1.82, 2.24) is 10.6 Å². The second-order valence-electron chi connectivity index (χ2n) is 5.28. The monoisotopic (exact) mass is 226 g/mol. The van der Waals surface area contributed by atoms with Crippen molar-refractivity contribution in [3.8, 4) is 0 Å². The summed E-state index contributed by atoms with van der Waals surface area (Å²) in [6.07, 6.45) is 4.94. The SMILES string of the molecule is CCC(C)NCC(=O)NCC1CCC(C)C1. The highest BCUT2D eigenvalue weighted by Gasteiger charge is 2.21. The Hall–Kier alpha value is -0.570. The smallest absolute Gasteiger partial charge is 0.233 e. The van der Waals surface area contributed by atoms with Gasteiger partial charge in [0.05, 0.1) is 6.54 Å². The molecule has 0 saturated heterocycles. The zero-order valence-electron chi connectivity index (χ0n) is 10.9. The maximum absolute atomic E-state index is 11.5. The summed E-state index contributed by atoms with van der Waals surface area (Å²) < 4.78 is 0. The van der Waals surface area contributed by atoms with Gasteiger partial charge in [0, 0.05) is 12.6 Å². The van der Waals surface area contributed by atoms with Gasteiger partial charge in [-0.05, 0) is 38.0 Å². The first-order valence-electron chi connectivity index (χ1n) is 6.61. The molecule has 3 nitrogen and oxygen atoms in total. The van der Waals surface area contributed by atoms with Gasteiger partial charge in [0.2, 0.25) is 5.91 Å². The summed E-state index contributed by atoms with van der Waals surface area (Å²) in [4.78, 5) is 11.5. The van der Waals surface area contributed by atoms with Gasteiger partial charge in [-0.25, -0.2) is 0 Å². The van der Waals surface area contributed by atoms with Gasteiger partial charge >= 0.3 is 0 Å². The molecule has 0 radical (unpaired) electrons. The second kappa shape index (κ2) is 6.89. The van der Waals surface area contributed by atoms with Gasteiger partial charge < -0.3 is 10.6 Å². The van der Waals surface area contributed by atoms with Crippen LogP contribution in [0.3, 0.4) is 0 Å². The Labute approximate surface area is 99.4 Å². The molecule has 0 aromatic heterocycles. The van der Waals surface area contributed by atoms with E-state index in [1.165, 1.54) is 19.3 Å². The number of hydrogen-bond donors (Lipinski definition) is 2. The average molecular weight is 226 g/mol. The molecule has 0 bridgehead atoms. The Bertz CT molecular complexity index is 218. The highest BCUT2D eigenvalue weighted by Crippen LogP contribution is 2.29. The van der Waals surface area contributed by atoms with Crippen LogP contribution in [0.25, 0.3) is 0 Å². The van der Waals surface area contributed by atoms with E-state index in [-0.39, 0.29) is 5.91 Å². The first kappa shape index (κ1) is 13.5. The number of amides is 1. The molecule has 3 atom stereocenters. The van der Waals surface area contributed by atoms with E-state index < -0.39 is 0 Å². The highest BCUT2D eigenvalue weighted by atomic mass is 16.1. The fourth-order valence-corrected chi connectivity index (χ4v) is 2.24. The van der Waals surface area contributed by atoms with E-state index in [4.69, 9.17) is 0 Å². The molecule has 0 aliphatic heterocycles. The number of nitrogens with one attached hydrogen (secondary N) is 2. The van der Waals surface area contributed by atoms with Crippen LogP contribution in [0.1, 0.15) is 46.5 Å². The molecular weight excluding hydrogens is 200 g/mol. The van der Waals surface area contributed by atoms with E-state index >= 15 is 0 Å². The van der Waals surface area contributed by atoms with Gasteiger partial charge in [0.15, 0.2) is 0 Å². The third-order valence-corrected chi connectivity index (χ3v) is 3.61. The van der Waals surface area contributed by atoms with Crippen LogP contribution in [0, 0.1) is 11.8 Å². The predicted molar refractivity (Wildman–Crippen MR) is 67.3 cm³/mol. The van der Waals surface area contributed by atoms with Crippen LogP contribution >= 0.6 is 0 Å². The number of rotatable bonds is 6. The molecule has 0 aromatic carbocycles. The standard InChI is InChI=1S/C13H26N2O/c1-4-11(3)14-9-13(16)15-8-12-6-5-10(2)7-12/h10-12,14H,4-9H2,1-3H3,(H,15,16). The molecular formula is C13H26N2O. The Morgan fingerprint density at radius 1 is 1.44 bits per heavy atom. The van der Waals surface area contributed by atoms with Gasteiger partial charge in [0.1, 0.15) is 0 Å². The molecule has 94 valence electrons. The van der Waals surface area contributed by atoms with Gasteiger partial charge in [0.25, 0.3) is 0 Å². The summed E-state index contributed by atoms with van der Waals surface area (Å²) in [6.45, 7) is 7.84. The van der Waals surface area contributed by atoms with Crippen LogP contribution in [-0.4, -0.2) is 25.0 Å². The first-order chi connectivity index (χ1) is 7.61. The maximum atomic E-state index is 11.5. The molecule has 3 heteroatoms. The summed E-state index contributed by atoms with van der Waals surface area (Å²) >= 11 is 0. The van der Waals surface area contributed by atoms with Crippen molar-refractivity contribution < 1.29 is 4.79 Å². The zero-order valence-corrected chi connectivity index (χ0v) is 10.9. The summed E-state index contributed by atoms with van der Waals surface area (Å²) in [5.74, 6) is 1.70. The predicted octanol–water partition coefficient (Wildman–Crippen LogP) is 1.93. The molecule has 0 heterocycles. The molecule has 0 aromatic rings. The van der Waals surface area contributed by atoms with Crippen molar-refractivity contribution in [2.75, 3.05) is 13.1 Å². The number of carbonyl (C=O) groups excluding carboxylic acids is 1. The van der Waals surface area contributed by atoms with Crippen LogP contribution < -0.4 is 10.6 Å². The summed E-state index contributed by atoms with van der Waals surface area (Å²) in [6, 6.07) is 0.428. The van der Waals surface area contributed by atoms with Gasteiger partial charge in [-0.3, -0.25) is 4.79 Å². The minimum absolute atomic E-state index is 0.139. The fraction of sp³-hybridized carbons (Fsp3) is 0.923. The minimum Gasteiger partial charge on any atom is -0.355 e. The van der Waals surface area contributed by atoms with Crippen molar-refractivity contribution in [2.45, 2.75) is 52.5 Å². The Morgan fingerprint density at radius 2 is 2.19 bits per heavy atom. The Kier molecular flexibility index (Phi) is 5.81. The van der Waals surface area contributed by atoms with Crippen LogP contribution in [-0.2, 0) is 4.79 Å². The van der Waals surface area contributed by atoms with E-state index in [0.717, 1.165) is 18.9 Å². The minimum atomic E-state index is 0.139. The lowest BCUT2D eigenvalue weighted by molar-refractivity contribution is -0.120. The van der Waals surface area contributed by atoms with Crippen LogP contribution in [0.4, 0.5) is 0 Å². The van der Waals surface area contributed by atoms with Gasteiger partial charge in [-0.15, -0.1) is 0 Å².